The highest BCUT2D eigenvalue weighted by Gasteiger charge is 2.07. The van der Waals surface area contributed by atoms with Crippen LogP contribution in [0.3, 0.4) is 0 Å². The van der Waals surface area contributed by atoms with E-state index in [0.717, 1.165) is 27.8 Å². The molecular weight excluding hydrogens is 212 g/mol. The lowest BCUT2D eigenvalue weighted by atomic mass is 10.0. The quantitative estimate of drug-likeness (QED) is 0.728. The monoisotopic (exact) mass is 224 g/mol. The predicted molar refractivity (Wildman–Crippen MR) is 67.3 cm³/mol. The minimum atomic E-state index is 0.405. The minimum Gasteiger partial charge on any atom is -0.467 e. The fourth-order valence-corrected chi connectivity index (χ4v) is 1.99. The number of rotatable bonds is 2. The molecule has 0 saturated carbocycles. The molecule has 84 valence electrons. The maximum Gasteiger partial charge on any atom is 0.125 e. The molecule has 0 atom stereocenters. The highest BCUT2D eigenvalue weighted by atomic mass is 16.3. The van der Waals surface area contributed by atoms with E-state index in [-0.39, 0.29) is 0 Å². The zero-order chi connectivity index (χ0) is 11.7. The van der Waals surface area contributed by atoms with E-state index in [1.54, 1.807) is 12.5 Å². The van der Waals surface area contributed by atoms with Crippen molar-refractivity contribution in [3.05, 3.63) is 54.6 Å². The lowest BCUT2D eigenvalue weighted by Crippen LogP contribution is -1.95. The molecule has 1 aromatic carbocycles. The van der Waals surface area contributed by atoms with Crippen LogP contribution in [0.2, 0.25) is 0 Å². The molecule has 3 nitrogen and oxygen atoms in total. The number of nitrogens with zero attached hydrogens (tertiary/aromatic N) is 1. The average Bonchev–Trinajstić information content (AvgIpc) is 2.86. The van der Waals surface area contributed by atoms with Crippen LogP contribution in [0, 0.1) is 0 Å². The van der Waals surface area contributed by atoms with Gasteiger partial charge in [0.25, 0.3) is 0 Å². The largest absolute Gasteiger partial charge is 0.467 e. The van der Waals surface area contributed by atoms with E-state index >= 15 is 0 Å². The third-order valence-electron chi connectivity index (χ3n) is 2.85. The summed E-state index contributed by atoms with van der Waals surface area (Å²) in [5.41, 5.74) is 8.75. The Balaban J connectivity index is 2.18. The normalized spacial score (nSPS) is 10.9. The first-order valence-corrected chi connectivity index (χ1v) is 5.50. The van der Waals surface area contributed by atoms with Crippen LogP contribution in [0.25, 0.3) is 22.0 Å². The fraction of sp³-hybridized carbons (Fsp3) is 0.0714. The summed E-state index contributed by atoms with van der Waals surface area (Å²) in [4.78, 5) is 4.35. The Morgan fingerprint density at radius 3 is 3.00 bits per heavy atom. The fourth-order valence-electron chi connectivity index (χ4n) is 1.99. The van der Waals surface area contributed by atoms with Crippen molar-refractivity contribution in [1.82, 2.24) is 4.98 Å². The van der Waals surface area contributed by atoms with Gasteiger partial charge in [-0.1, -0.05) is 18.2 Å². The number of furan rings is 1. The van der Waals surface area contributed by atoms with Crippen molar-refractivity contribution in [3.63, 3.8) is 0 Å². The number of nitrogens with two attached hydrogens (primary N) is 1. The highest BCUT2D eigenvalue weighted by molar-refractivity contribution is 5.84. The maximum atomic E-state index is 5.64. The van der Waals surface area contributed by atoms with Crippen LogP contribution in [0.1, 0.15) is 5.76 Å². The summed E-state index contributed by atoms with van der Waals surface area (Å²) in [7, 11) is 0. The third kappa shape index (κ3) is 1.70. The number of aromatic nitrogens is 1. The van der Waals surface area contributed by atoms with E-state index < -0.39 is 0 Å². The van der Waals surface area contributed by atoms with Gasteiger partial charge in [0.15, 0.2) is 0 Å². The van der Waals surface area contributed by atoms with E-state index in [2.05, 4.69) is 23.2 Å². The molecule has 2 aromatic heterocycles. The summed E-state index contributed by atoms with van der Waals surface area (Å²) in [6.07, 6.45) is 3.46. The number of hydrogen-bond donors (Lipinski definition) is 1. The van der Waals surface area contributed by atoms with Crippen LogP contribution in [0.5, 0.6) is 0 Å². The van der Waals surface area contributed by atoms with Gasteiger partial charge >= 0.3 is 0 Å². The summed E-state index contributed by atoms with van der Waals surface area (Å²) in [6, 6.07) is 12.1. The number of hydrogen-bond acceptors (Lipinski definition) is 3. The van der Waals surface area contributed by atoms with Crippen molar-refractivity contribution >= 4 is 10.9 Å². The van der Waals surface area contributed by atoms with Crippen LogP contribution in [-0.4, -0.2) is 4.98 Å². The number of pyridine rings is 1. The van der Waals surface area contributed by atoms with Gasteiger partial charge in [-0.15, -0.1) is 0 Å². The molecule has 0 saturated heterocycles. The van der Waals surface area contributed by atoms with E-state index in [4.69, 9.17) is 10.2 Å². The first kappa shape index (κ1) is 10.1. The molecule has 17 heavy (non-hydrogen) atoms. The van der Waals surface area contributed by atoms with Crippen LogP contribution in [-0.2, 0) is 6.54 Å². The molecule has 0 spiro atoms. The van der Waals surface area contributed by atoms with Crippen molar-refractivity contribution < 1.29 is 4.42 Å². The second-order valence-electron chi connectivity index (χ2n) is 3.87. The van der Waals surface area contributed by atoms with Gasteiger partial charge in [-0.25, -0.2) is 0 Å². The van der Waals surface area contributed by atoms with Crippen LogP contribution in [0.4, 0.5) is 0 Å². The first-order valence-electron chi connectivity index (χ1n) is 5.50. The zero-order valence-electron chi connectivity index (χ0n) is 9.26. The van der Waals surface area contributed by atoms with Gasteiger partial charge in [-0.3, -0.25) is 4.98 Å². The van der Waals surface area contributed by atoms with E-state index in [1.165, 1.54) is 0 Å². The van der Waals surface area contributed by atoms with Gasteiger partial charge in [0.05, 0.1) is 18.3 Å². The molecule has 0 amide bonds. The smallest absolute Gasteiger partial charge is 0.125 e. The number of fused-ring (bicyclic) bond motifs is 1. The Bertz CT molecular complexity index is 658. The second-order valence-corrected chi connectivity index (χ2v) is 3.87. The maximum absolute atomic E-state index is 5.64. The molecule has 0 aliphatic rings. The van der Waals surface area contributed by atoms with E-state index in [1.807, 2.05) is 18.2 Å². The van der Waals surface area contributed by atoms with Crippen LogP contribution < -0.4 is 5.73 Å². The van der Waals surface area contributed by atoms with Gasteiger partial charge < -0.3 is 10.2 Å². The Labute approximate surface area is 98.9 Å². The Morgan fingerprint density at radius 2 is 2.12 bits per heavy atom. The molecule has 0 fully saturated rings. The lowest BCUT2D eigenvalue weighted by Gasteiger charge is -2.02. The van der Waals surface area contributed by atoms with Crippen molar-refractivity contribution in [1.29, 1.82) is 0 Å². The average molecular weight is 224 g/mol. The van der Waals surface area contributed by atoms with Crippen LogP contribution in [0.15, 0.2) is 53.3 Å². The summed E-state index contributed by atoms with van der Waals surface area (Å²) >= 11 is 0. The summed E-state index contributed by atoms with van der Waals surface area (Å²) in [5.74, 6) is 0.806. The standard InChI is InChI=1S/C14H12N2O/c15-9-14-12(5-7-17-14)11-4-3-10-2-1-6-16-13(10)8-11/h1-8H,9,15H2. The predicted octanol–water partition coefficient (Wildman–Crippen LogP) is 2.95. The van der Waals surface area contributed by atoms with Gasteiger partial charge in [0, 0.05) is 17.1 Å². The molecular formula is C14H12N2O. The minimum absolute atomic E-state index is 0.405. The summed E-state index contributed by atoms with van der Waals surface area (Å²) < 4.78 is 5.33. The Kier molecular flexibility index (Phi) is 2.38. The topological polar surface area (TPSA) is 52.0 Å². The van der Waals surface area contributed by atoms with Crippen molar-refractivity contribution in [2.24, 2.45) is 5.73 Å². The summed E-state index contributed by atoms with van der Waals surface area (Å²) in [5, 5.41) is 1.13. The third-order valence-corrected chi connectivity index (χ3v) is 2.85. The summed E-state index contributed by atoms with van der Waals surface area (Å²) in [6.45, 7) is 0.405. The van der Waals surface area contributed by atoms with Gasteiger partial charge in [-0.2, -0.15) is 0 Å². The van der Waals surface area contributed by atoms with Crippen LogP contribution >= 0.6 is 0 Å². The molecule has 0 aliphatic heterocycles. The Hall–Kier alpha value is -2.13. The molecule has 0 bridgehead atoms. The molecule has 3 rings (SSSR count). The molecule has 0 aliphatic carbocycles. The first-order chi connectivity index (χ1) is 8.38. The molecule has 0 radical (unpaired) electrons. The van der Waals surface area contributed by atoms with Crippen molar-refractivity contribution in [2.75, 3.05) is 0 Å². The number of benzene rings is 1. The van der Waals surface area contributed by atoms with Crippen molar-refractivity contribution in [3.8, 4) is 11.1 Å². The SMILES string of the molecule is NCc1occc1-c1ccc2cccnc2c1. The van der Waals surface area contributed by atoms with Gasteiger partial charge in [0.1, 0.15) is 5.76 Å². The lowest BCUT2D eigenvalue weighted by molar-refractivity contribution is 0.513. The van der Waals surface area contributed by atoms with E-state index in [0.29, 0.717) is 6.54 Å². The van der Waals surface area contributed by atoms with Crippen molar-refractivity contribution in [2.45, 2.75) is 6.54 Å². The second kappa shape index (κ2) is 4.03. The molecule has 2 N–H and O–H groups in total. The Morgan fingerprint density at radius 1 is 1.18 bits per heavy atom. The molecule has 0 unspecified atom stereocenters. The molecule has 2 heterocycles. The highest BCUT2D eigenvalue weighted by Crippen LogP contribution is 2.27. The molecule has 3 aromatic rings. The van der Waals surface area contributed by atoms with E-state index in [9.17, 15) is 0 Å². The molecule has 3 heteroatoms. The van der Waals surface area contributed by atoms with Gasteiger partial charge in [0.2, 0.25) is 0 Å². The van der Waals surface area contributed by atoms with Gasteiger partial charge in [-0.05, 0) is 23.8 Å². The zero-order valence-corrected chi connectivity index (χ0v) is 9.26.